The van der Waals surface area contributed by atoms with Crippen LogP contribution in [0.2, 0.25) is 0 Å². The van der Waals surface area contributed by atoms with Gasteiger partial charge in [0, 0.05) is 10.6 Å². The molecule has 6 heteroatoms. The summed E-state index contributed by atoms with van der Waals surface area (Å²) in [6, 6.07) is 29.1. The Labute approximate surface area is 208 Å². The van der Waals surface area contributed by atoms with E-state index in [2.05, 4.69) is 12.1 Å². The van der Waals surface area contributed by atoms with E-state index in [0.29, 0.717) is 23.5 Å². The van der Waals surface area contributed by atoms with Gasteiger partial charge in [0.2, 0.25) is 7.29 Å². The maximum absolute atomic E-state index is 15.3. The number of ether oxygens (including phenoxy) is 1. The summed E-state index contributed by atoms with van der Waals surface area (Å²) in [4.78, 5) is 18.2. The molecule has 0 unspecified atom stereocenters. The summed E-state index contributed by atoms with van der Waals surface area (Å²) >= 11 is 0. The Balaban J connectivity index is 1.86. The molecule has 1 heterocycles. The van der Waals surface area contributed by atoms with Crippen molar-refractivity contribution in [3.05, 3.63) is 96.6 Å². The Bertz CT molecular complexity index is 1190. The van der Waals surface area contributed by atoms with E-state index >= 15 is 4.57 Å². The SMILES string of the molecule is CC(C)OC(=O)[C@]1(C)N=CN(P(=O)(c2ccccc2)c2ccccc2)[C@@]1(C)CCc1ccccc1. The van der Waals surface area contributed by atoms with Crippen LogP contribution in [0, 0.1) is 0 Å². The van der Waals surface area contributed by atoms with Gasteiger partial charge in [-0.15, -0.1) is 0 Å². The van der Waals surface area contributed by atoms with Crippen LogP contribution in [-0.2, 0) is 20.5 Å². The number of carbonyl (C=O) groups excluding carboxylic acids is 1. The molecule has 182 valence electrons. The van der Waals surface area contributed by atoms with Crippen molar-refractivity contribution in [2.45, 2.75) is 57.7 Å². The van der Waals surface area contributed by atoms with Crippen molar-refractivity contribution in [1.82, 2.24) is 4.67 Å². The lowest BCUT2D eigenvalue weighted by Crippen LogP contribution is -2.60. The maximum Gasteiger partial charge on any atom is 0.336 e. The zero-order valence-electron chi connectivity index (χ0n) is 20.8. The Kier molecular flexibility index (Phi) is 7.00. The molecule has 4 rings (SSSR count). The quantitative estimate of drug-likeness (QED) is 0.316. The van der Waals surface area contributed by atoms with Gasteiger partial charge in [-0.2, -0.15) is 0 Å². The van der Waals surface area contributed by atoms with Crippen LogP contribution in [0.5, 0.6) is 0 Å². The lowest BCUT2D eigenvalue weighted by Gasteiger charge is -2.46. The predicted octanol–water partition coefficient (Wildman–Crippen LogP) is 5.36. The van der Waals surface area contributed by atoms with Gasteiger partial charge in [-0.25, -0.2) is 4.79 Å². The van der Waals surface area contributed by atoms with Crippen molar-refractivity contribution in [3.63, 3.8) is 0 Å². The largest absolute Gasteiger partial charge is 0.461 e. The number of aliphatic imine (C=N–C) groups is 1. The number of hydrogen-bond donors (Lipinski definition) is 0. The topological polar surface area (TPSA) is 59.0 Å². The molecular formula is C29H33N2O3P. The van der Waals surface area contributed by atoms with E-state index in [1.54, 1.807) is 13.3 Å². The van der Waals surface area contributed by atoms with Crippen molar-refractivity contribution in [3.8, 4) is 0 Å². The minimum atomic E-state index is -3.39. The third kappa shape index (κ3) is 4.46. The zero-order valence-corrected chi connectivity index (χ0v) is 21.7. The van der Waals surface area contributed by atoms with Crippen LogP contribution >= 0.6 is 7.29 Å². The van der Waals surface area contributed by atoms with Crippen molar-refractivity contribution < 1.29 is 14.1 Å². The van der Waals surface area contributed by atoms with E-state index in [9.17, 15) is 4.79 Å². The highest BCUT2D eigenvalue weighted by Gasteiger charge is 2.61. The smallest absolute Gasteiger partial charge is 0.336 e. The van der Waals surface area contributed by atoms with E-state index in [1.807, 2.05) is 104 Å². The van der Waals surface area contributed by atoms with E-state index in [0.717, 1.165) is 5.56 Å². The first-order chi connectivity index (χ1) is 16.7. The first kappa shape index (κ1) is 24.9. The molecule has 0 amide bonds. The van der Waals surface area contributed by atoms with E-state index in [1.165, 1.54) is 0 Å². The van der Waals surface area contributed by atoms with Gasteiger partial charge in [-0.1, -0.05) is 66.7 Å². The van der Waals surface area contributed by atoms with Crippen LogP contribution in [0.25, 0.3) is 0 Å². The van der Waals surface area contributed by atoms with Crippen molar-refractivity contribution in [1.29, 1.82) is 0 Å². The molecular weight excluding hydrogens is 455 g/mol. The number of aryl methyl sites for hydroxylation is 1. The molecule has 5 nitrogen and oxygen atoms in total. The van der Waals surface area contributed by atoms with Crippen LogP contribution in [0.1, 0.15) is 39.7 Å². The number of benzene rings is 3. The number of rotatable bonds is 8. The average molecular weight is 489 g/mol. The summed E-state index contributed by atoms with van der Waals surface area (Å²) in [7, 11) is -3.39. The summed E-state index contributed by atoms with van der Waals surface area (Å²) in [5.41, 5.74) is -0.990. The van der Waals surface area contributed by atoms with Crippen molar-refractivity contribution >= 4 is 30.2 Å². The molecule has 1 aliphatic heterocycles. The number of nitrogens with zero attached hydrogens (tertiary/aromatic N) is 2. The molecule has 3 aromatic carbocycles. The summed E-state index contributed by atoms with van der Waals surface area (Å²) in [6.07, 6.45) is 2.60. The van der Waals surface area contributed by atoms with Crippen LogP contribution in [0.3, 0.4) is 0 Å². The van der Waals surface area contributed by atoms with Gasteiger partial charge in [0.25, 0.3) is 0 Å². The standard InChI is InChI=1S/C29H33N2O3P/c1-23(2)34-27(32)29(4)28(3,21-20-24-14-8-5-9-15-24)31(22-30-29)35(33,25-16-10-6-11-17-25)26-18-12-7-13-19-26/h5-19,22-23H,20-21H2,1-4H3/t28-,29-/m0/s1. The fraction of sp³-hybridized carbons (Fsp3) is 0.310. The highest BCUT2D eigenvalue weighted by molar-refractivity contribution is 7.77. The monoisotopic (exact) mass is 488 g/mol. The van der Waals surface area contributed by atoms with Gasteiger partial charge in [0.15, 0.2) is 5.54 Å². The second kappa shape index (κ2) is 9.83. The normalized spacial score (nSPS) is 21.9. The van der Waals surface area contributed by atoms with Gasteiger partial charge in [-0.05, 0) is 70.4 Å². The van der Waals surface area contributed by atoms with Gasteiger partial charge >= 0.3 is 5.97 Å². The average Bonchev–Trinajstić information content (AvgIpc) is 3.15. The fourth-order valence-corrected chi connectivity index (χ4v) is 7.75. The van der Waals surface area contributed by atoms with Crippen molar-refractivity contribution in [2.75, 3.05) is 0 Å². The van der Waals surface area contributed by atoms with Gasteiger partial charge in [0.05, 0.1) is 18.0 Å². The molecule has 1 aliphatic rings. The maximum atomic E-state index is 15.3. The van der Waals surface area contributed by atoms with E-state index < -0.39 is 24.3 Å². The fourth-order valence-electron chi connectivity index (χ4n) is 4.69. The summed E-state index contributed by atoms with van der Waals surface area (Å²) < 4.78 is 22.8. The highest BCUT2D eigenvalue weighted by atomic mass is 31.2. The molecule has 0 bridgehead atoms. The molecule has 0 fully saturated rings. The molecule has 0 aliphatic carbocycles. The summed E-state index contributed by atoms with van der Waals surface area (Å²) in [5, 5.41) is 1.40. The molecule has 0 aromatic heterocycles. The second-order valence-electron chi connectivity index (χ2n) is 9.62. The Morgan fingerprint density at radius 3 is 1.86 bits per heavy atom. The van der Waals surface area contributed by atoms with Crippen LogP contribution < -0.4 is 10.6 Å². The van der Waals surface area contributed by atoms with Gasteiger partial charge < -0.3 is 4.74 Å². The lowest BCUT2D eigenvalue weighted by molar-refractivity contribution is -0.156. The molecule has 0 spiro atoms. The second-order valence-corrected chi connectivity index (χ2v) is 12.2. The number of hydrogen-bond acceptors (Lipinski definition) is 4. The molecule has 0 saturated heterocycles. The zero-order chi connectivity index (χ0) is 25.1. The molecule has 0 radical (unpaired) electrons. The minimum Gasteiger partial charge on any atom is -0.461 e. The number of carbonyl (C=O) groups is 1. The Hall–Kier alpha value is -3.17. The lowest BCUT2D eigenvalue weighted by atomic mass is 9.77. The Morgan fingerprint density at radius 2 is 1.37 bits per heavy atom. The first-order valence-electron chi connectivity index (χ1n) is 12.0. The predicted molar refractivity (Wildman–Crippen MR) is 143 cm³/mol. The first-order valence-corrected chi connectivity index (χ1v) is 13.7. The van der Waals surface area contributed by atoms with Crippen LogP contribution in [0.4, 0.5) is 0 Å². The van der Waals surface area contributed by atoms with E-state index in [-0.39, 0.29) is 6.10 Å². The molecule has 0 saturated carbocycles. The molecule has 35 heavy (non-hydrogen) atoms. The number of esters is 1. The van der Waals surface area contributed by atoms with Crippen molar-refractivity contribution in [2.24, 2.45) is 4.99 Å². The van der Waals surface area contributed by atoms with Gasteiger partial charge in [-0.3, -0.25) is 14.2 Å². The van der Waals surface area contributed by atoms with Crippen LogP contribution in [-0.4, -0.2) is 34.2 Å². The Morgan fingerprint density at radius 1 is 0.886 bits per heavy atom. The van der Waals surface area contributed by atoms with E-state index in [4.69, 9.17) is 9.73 Å². The summed E-state index contributed by atoms with van der Waals surface area (Å²) in [6.45, 7) is 7.46. The molecule has 2 atom stereocenters. The summed E-state index contributed by atoms with van der Waals surface area (Å²) in [5.74, 6) is -0.408. The third-order valence-electron chi connectivity index (χ3n) is 6.98. The third-order valence-corrected chi connectivity index (χ3v) is 10.1. The van der Waals surface area contributed by atoms with Crippen LogP contribution in [0.15, 0.2) is 96.0 Å². The van der Waals surface area contributed by atoms with Gasteiger partial charge in [0.1, 0.15) is 0 Å². The highest BCUT2D eigenvalue weighted by Crippen LogP contribution is 2.57. The molecule has 0 N–H and O–H groups in total. The molecule has 3 aromatic rings. The minimum absolute atomic E-state index is 0.281.